The number of hydrogen-bond donors (Lipinski definition) is 2. The largest absolute Gasteiger partial charge is 0.481 e. The second kappa shape index (κ2) is 5.36. The molecule has 23 heavy (non-hydrogen) atoms. The van der Waals surface area contributed by atoms with E-state index < -0.39 is 23.9 Å². The first kappa shape index (κ1) is 15.5. The molecule has 0 radical (unpaired) electrons. The lowest BCUT2D eigenvalue weighted by molar-refractivity contribution is -0.145. The van der Waals surface area contributed by atoms with Gasteiger partial charge >= 0.3 is 12.1 Å². The Balaban J connectivity index is 1.96. The molecular formula is C13H14F3N5O2. The minimum absolute atomic E-state index is 0.0311. The van der Waals surface area contributed by atoms with Gasteiger partial charge in [-0.1, -0.05) is 0 Å². The van der Waals surface area contributed by atoms with Gasteiger partial charge in [-0.2, -0.15) is 13.2 Å². The molecule has 1 saturated carbocycles. The van der Waals surface area contributed by atoms with Crippen LogP contribution in [0.3, 0.4) is 0 Å². The van der Waals surface area contributed by atoms with Crippen molar-refractivity contribution in [3.8, 4) is 0 Å². The number of carboxylic acid groups (broad SMARTS) is 1. The fourth-order valence-electron chi connectivity index (χ4n) is 2.93. The van der Waals surface area contributed by atoms with Crippen molar-refractivity contribution in [1.82, 2.24) is 19.5 Å². The van der Waals surface area contributed by atoms with Gasteiger partial charge in [-0.3, -0.25) is 4.79 Å². The fourth-order valence-corrected chi connectivity index (χ4v) is 2.93. The molecule has 3 N–H and O–H groups in total. The zero-order chi connectivity index (χ0) is 16.8. The monoisotopic (exact) mass is 329 g/mol. The second-order valence-electron chi connectivity index (χ2n) is 5.60. The molecule has 10 heteroatoms. The first-order chi connectivity index (χ1) is 10.8. The first-order valence-corrected chi connectivity index (χ1v) is 7.07. The number of carboxylic acids is 1. The Hall–Kier alpha value is -2.39. The van der Waals surface area contributed by atoms with Crippen LogP contribution in [0.1, 0.15) is 37.5 Å². The van der Waals surface area contributed by atoms with Crippen LogP contribution in [0, 0.1) is 5.92 Å². The van der Waals surface area contributed by atoms with Crippen molar-refractivity contribution in [2.45, 2.75) is 37.9 Å². The molecule has 1 fully saturated rings. The molecule has 0 bridgehead atoms. The Kier molecular flexibility index (Phi) is 3.61. The van der Waals surface area contributed by atoms with E-state index in [1.807, 2.05) is 0 Å². The maximum absolute atomic E-state index is 12.8. The zero-order valence-electron chi connectivity index (χ0n) is 11.9. The summed E-state index contributed by atoms with van der Waals surface area (Å²) in [6.45, 7) is 0. The summed E-state index contributed by atoms with van der Waals surface area (Å²) in [5.41, 5.74) is 5.71. The highest BCUT2D eigenvalue weighted by Gasteiger charge is 2.36. The van der Waals surface area contributed by atoms with E-state index in [9.17, 15) is 18.0 Å². The molecule has 0 saturated heterocycles. The molecule has 124 valence electrons. The van der Waals surface area contributed by atoms with Gasteiger partial charge in [0, 0.05) is 6.04 Å². The van der Waals surface area contributed by atoms with Crippen LogP contribution in [0.2, 0.25) is 0 Å². The molecule has 0 atom stereocenters. The highest BCUT2D eigenvalue weighted by Crippen LogP contribution is 2.35. The van der Waals surface area contributed by atoms with Crippen molar-refractivity contribution in [1.29, 1.82) is 0 Å². The number of aliphatic carboxylic acids is 1. The van der Waals surface area contributed by atoms with E-state index in [2.05, 4.69) is 15.0 Å². The molecule has 3 rings (SSSR count). The normalized spacial score (nSPS) is 22.4. The molecule has 2 heterocycles. The maximum atomic E-state index is 12.8. The predicted octanol–water partition coefficient (Wildman–Crippen LogP) is 2.24. The molecule has 0 aliphatic heterocycles. The van der Waals surface area contributed by atoms with Crippen LogP contribution >= 0.6 is 0 Å². The van der Waals surface area contributed by atoms with E-state index in [0.717, 1.165) is 0 Å². The quantitative estimate of drug-likeness (QED) is 0.875. The molecule has 0 amide bonds. The third kappa shape index (κ3) is 2.80. The van der Waals surface area contributed by atoms with Crippen LogP contribution in [0.15, 0.2) is 6.33 Å². The molecule has 0 unspecified atom stereocenters. The number of nitrogens with zero attached hydrogens (tertiary/aromatic N) is 4. The van der Waals surface area contributed by atoms with Crippen LogP contribution in [-0.2, 0) is 11.0 Å². The Morgan fingerprint density at radius 1 is 1.26 bits per heavy atom. The third-order valence-corrected chi connectivity index (χ3v) is 4.14. The number of aromatic nitrogens is 4. The van der Waals surface area contributed by atoms with Gasteiger partial charge in [-0.05, 0) is 25.7 Å². The lowest BCUT2D eigenvalue weighted by Gasteiger charge is -2.27. The van der Waals surface area contributed by atoms with Gasteiger partial charge < -0.3 is 15.4 Å². The number of imidazole rings is 1. The Morgan fingerprint density at radius 2 is 1.91 bits per heavy atom. The van der Waals surface area contributed by atoms with Gasteiger partial charge in [-0.15, -0.1) is 0 Å². The van der Waals surface area contributed by atoms with Crippen LogP contribution in [0.25, 0.3) is 11.2 Å². The number of rotatable bonds is 2. The highest BCUT2D eigenvalue weighted by molar-refractivity contribution is 5.81. The topological polar surface area (TPSA) is 107 Å². The van der Waals surface area contributed by atoms with Gasteiger partial charge in [0.05, 0.1) is 12.2 Å². The van der Waals surface area contributed by atoms with Gasteiger partial charge in [0.1, 0.15) is 5.52 Å². The average molecular weight is 329 g/mol. The summed E-state index contributed by atoms with van der Waals surface area (Å²) in [5, 5.41) is 9.01. The van der Waals surface area contributed by atoms with Crippen molar-refractivity contribution in [3.05, 3.63) is 12.2 Å². The molecule has 7 nitrogen and oxygen atoms in total. The molecule has 2 aromatic heterocycles. The third-order valence-electron chi connectivity index (χ3n) is 4.14. The van der Waals surface area contributed by atoms with E-state index in [1.54, 1.807) is 4.57 Å². The van der Waals surface area contributed by atoms with Crippen LogP contribution in [0.4, 0.5) is 19.0 Å². The van der Waals surface area contributed by atoms with Gasteiger partial charge in [-0.25, -0.2) is 15.0 Å². The van der Waals surface area contributed by atoms with Gasteiger partial charge in [0.2, 0.25) is 5.82 Å². The van der Waals surface area contributed by atoms with Gasteiger partial charge in [0.25, 0.3) is 0 Å². The van der Waals surface area contributed by atoms with Crippen molar-refractivity contribution in [3.63, 3.8) is 0 Å². The lowest BCUT2D eigenvalue weighted by Crippen LogP contribution is -2.23. The molecule has 0 spiro atoms. The molecule has 0 aromatic carbocycles. The summed E-state index contributed by atoms with van der Waals surface area (Å²) >= 11 is 0. The first-order valence-electron chi connectivity index (χ1n) is 7.07. The highest BCUT2D eigenvalue weighted by atomic mass is 19.4. The number of fused-ring (bicyclic) bond motifs is 1. The molecule has 1 aliphatic carbocycles. The van der Waals surface area contributed by atoms with Crippen molar-refractivity contribution >= 4 is 23.0 Å². The standard InChI is InChI=1S/C13H14F3N5O2/c14-13(15,16)12-19-9(17)8-10(20-12)21(5-18-8)7-3-1-6(2-4-7)11(22)23/h5-7H,1-4H2,(H,22,23)(H2,17,19,20). The fraction of sp³-hybridized carbons (Fsp3) is 0.538. The van der Waals surface area contributed by atoms with E-state index in [-0.39, 0.29) is 23.0 Å². The second-order valence-corrected chi connectivity index (χ2v) is 5.60. The average Bonchev–Trinajstić information content (AvgIpc) is 2.91. The van der Waals surface area contributed by atoms with E-state index >= 15 is 0 Å². The number of nitrogen functional groups attached to an aromatic ring is 1. The van der Waals surface area contributed by atoms with Crippen molar-refractivity contribution in [2.75, 3.05) is 5.73 Å². The Bertz CT molecular complexity index is 750. The smallest absolute Gasteiger partial charge is 0.451 e. The summed E-state index contributed by atoms with van der Waals surface area (Å²) in [4.78, 5) is 21.8. The lowest BCUT2D eigenvalue weighted by atomic mass is 9.86. The minimum Gasteiger partial charge on any atom is -0.481 e. The van der Waals surface area contributed by atoms with Crippen LogP contribution < -0.4 is 5.73 Å². The SMILES string of the molecule is Nc1nc(C(F)(F)F)nc2c1ncn2C1CCC(C(=O)O)CC1. The number of anilines is 1. The minimum atomic E-state index is -4.70. The molecular weight excluding hydrogens is 315 g/mol. The van der Waals surface area contributed by atoms with Crippen molar-refractivity contribution < 1.29 is 23.1 Å². The van der Waals surface area contributed by atoms with Crippen LogP contribution in [0.5, 0.6) is 0 Å². The van der Waals surface area contributed by atoms with E-state index in [0.29, 0.717) is 25.7 Å². The zero-order valence-corrected chi connectivity index (χ0v) is 11.9. The predicted molar refractivity (Wildman–Crippen MR) is 73.4 cm³/mol. The Labute approximate surface area is 128 Å². The van der Waals surface area contributed by atoms with E-state index in [1.165, 1.54) is 6.33 Å². The number of halogens is 3. The number of alkyl halides is 3. The van der Waals surface area contributed by atoms with Crippen molar-refractivity contribution in [2.24, 2.45) is 5.92 Å². The summed E-state index contributed by atoms with van der Waals surface area (Å²) in [6, 6.07) is -0.147. The Morgan fingerprint density at radius 3 is 2.48 bits per heavy atom. The molecule has 1 aliphatic rings. The summed E-state index contributed by atoms with van der Waals surface area (Å²) in [5.74, 6) is -2.87. The number of hydrogen-bond acceptors (Lipinski definition) is 5. The van der Waals surface area contributed by atoms with Gasteiger partial charge in [0.15, 0.2) is 11.5 Å². The maximum Gasteiger partial charge on any atom is 0.451 e. The number of nitrogens with two attached hydrogens (primary N) is 1. The number of carbonyl (C=O) groups is 1. The summed E-state index contributed by atoms with van der Waals surface area (Å²) < 4.78 is 40.1. The van der Waals surface area contributed by atoms with E-state index in [4.69, 9.17) is 10.8 Å². The summed E-state index contributed by atoms with van der Waals surface area (Å²) in [7, 11) is 0. The van der Waals surface area contributed by atoms with Crippen LogP contribution in [-0.4, -0.2) is 30.6 Å². The molecule has 2 aromatic rings. The summed E-state index contributed by atoms with van der Waals surface area (Å²) in [6.07, 6.45) is -1.31.